The lowest BCUT2D eigenvalue weighted by molar-refractivity contribution is -0.138. The van der Waals surface area contributed by atoms with Crippen molar-refractivity contribution in [3.05, 3.63) is 12.4 Å². The first-order chi connectivity index (χ1) is 9.70. The molecule has 1 aromatic rings. The fourth-order valence-corrected chi connectivity index (χ4v) is 2.38. The van der Waals surface area contributed by atoms with E-state index in [4.69, 9.17) is 0 Å². The van der Waals surface area contributed by atoms with Crippen molar-refractivity contribution in [2.45, 2.75) is 32.7 Å². The molecular weight excluding hydrogens is 258 g/mol. The molecule has 2 rings (SSSR count). The van der Waals surface area contributed by atoms with E-state index in [1.807, 2.05) is 6.92 Å². The van der Waals surface area contributed by atoms with Crippen molar-refractivity contribution in [3.63, 3.8) is 0 Å². The van der Waals surface area contributed by atoms with Gasteiger partial charge in [0.25, 0.3) is 0 Å². The highest BCUT2D eigenvalue weighted by molar-refractivity contribution is 5.83. The second-order valence-corrected chi connectivity index (χ2v) is 4.98. The zero-order valence-corrected chi connectivity index (χ0v) is 11.8. The number of amides is 2. The number of piperidine rings is 1. The van der Waals surface area contributed by atoms with Crippen molar-refractivity contribution < 1.29 is 9.59 Å². The Balaban J connectivity index is 1.68. The van der Waals surface area contributed by atoms with E-state index in [-0.39, 0.29) is 17.7 Å². The predicted octanol–water partition coefficient (Wildman–Crippen LogP) is 0.0429. The first-order valence-electron chi connectivity index (χ1n) is 7.10. The minimum absolute atomic E-state index is 0.0505. The topological polar surface area (TPSA) is 80.1 Å². The van der Waals surface area contributed by atoms with Crippen molar-refractivity contribution in [2.24, 2.45) is 5.92 Å². The van der Waals surface area contributed by atoms with E-state index in [2.05, 4.69) is 15.6 Å². The maximum atomic E-state index is 12.0. The largest absolute Gasteiger partial charge is 0.356 e. The van der Waals surface area contributed by atoms with Crippen molar-refractivity contribution >= 4 is 11.8 Å². The van der Waals surface area contributed by atoms with Crippen molar-refractivity contribution in [2.75, 3.05) is 19.6 Å². The van der Waals surface area contributed by atoms with Crippen LogP contribution < -0.4 is 5.32 Å². The van der Waals surface area contributed by atoms with Crippen molar-refractivity contribution in [3.8, 4) is 0 Å². The smallest absolute Gasteiger partial charge is 0.224 e. The molecule has 110 valence electrons. The van der Waals surface area contributed by atoms with Gasteiger partial charge in [-0.2, -0.15) is 0 Å². The summed E-state index contributed by atoms with van der Waals surface area (Å²) in [4.78, 5) is 25.4. The molecule has 1 aromatic heterocycles. The second kappa shape index (κ2) is 7.02. The number of likely N-dealkylation sites (tertiary alicyclic amines) is 1. The van der Waals surface area contributed by atoms with E-state index in [1.165, 1.54) is 0 Å². The molecule has 1 N–H and O–H groups in total. The molecule has 1 atom stereocenters. The average Bonchev–Trinajstić information content (AvgIpc) is 2.97. The Morgan fingerprint density at radius 3 is 3.10 bits per heavy atom. The molecule has 2 heterocycles. The van der Waals surface area contributed by atoms with Gasteiger partial charge in [0.1, 0.15) is 0 Å². The van der Waals surface area contributed by atoms with Crippen LogP contribution >= 0.6 is 0 Å². The molecule has 0 aromatic carbocycles. The Labute approximate surface area is 118 Å². The van der Waals surface area contributed by atoms with Crippen LogP contribution in [-0.4, -0.2) is 51.3 Å². The summed E-state index contributed by atoms with van der Waals surface area (Å²) in [5.74, 6) is 0.135. The van der Waals surface area contributed by atoms with E-state index in [9.17, 15) is 9.59 Å². The average molecular weight is 279 g/mol. The predicted molar refractivity (Wildman–Crippen MR) is 72.6 cm³/mol. The molecule has 1 saturated heterocycles. The van der Waals surface area contributed by atoms with Gasteiger partial charge in [0.05, 0.1) is 12.1 Å². The van der Waals surface area contributed by atoms with Gasteiger partial charge in [-0.25, -0.2) is 0 Å². The zero-order valence-electron chi connectivity index (χ0n) is 11.8. The molecule has 1 aliphatic rings. The number of nitrogens with one attached hydrogen (secondary N) is 1. The van der Waals surface area contributed by atoms with Gasteiger partial charge < -0.3 is 10.2 Å². The minimum atomic E-state index is -0.0704. The standard InChI is InChI=1S/C13H21N5O2/c1-2-17-10-11(4-5-12(17)19)13(20)14-6-3-8-18-9-7-15-16-18/h7,9,11H,2-6,8,10H2,1H3,(H,14,20). The first-order valence-corrected chi connectivity index (χ1v) is 7.10. The van der Waals surface area contributed by atoms with Crippen molar-refractivity contribution in [1.82, 2.24) is 25.2 Å². The number of nitrogens with zero attached hydrogens (tertiary/aromatic N) is 4. The third kappa shape index (κ3) is 3.79. The maximum Gasteiger partial charge on any atom is 0.224 e. The summed E-state index contributed by atoms with van der Waals surface area (Å²) in [5, 5.41) is 10.5. The SMILES string of the molecule is CCN1CC(C(=O)NCCCn2ccnn2)CCC1=O. The van der Waals surface area contributed by atoms with Crippen LogP contribution in [0.15, 0.2) is 12.4 Å². The first kappa shape index (κ1) is 14.5. The van der Waals surface area contributed by atoms with Crippen LogP contribution in [0.2, 0.25) is 0 Å². The van der Waals surface area contributed by atoms with Crippen LogP contribution in [0.1, 0.15) is 26.2 Å². The molecule has 7 heteroatoms. The summed E-state index contributed by atoms with van der Waals surface area (Å²) in [6.07, 6.45) is 5.39. The maximum absolute atomic E-state index is 12.0. The van der Waals surface area contributed by atoms with Crippen LogP contribution in [-0.2, 0) is 16.1 Å². The highest BCUT2D eigenvalue weighted by atomic mass is 16.2. The number of carbonyl (C=O) groups is 2. The Morgan fingerprint density at radius 2 is 2.40 bits per heavy atom. The number of aromatic nitrogens is 3. The van der Waals surface area contributed by atoms with Crippen LogP contribution in [0.5, 0.6) is 0 Å². The van der Waals surface area contributed by atoms with E-state index in [0.717, 1.165) is 13.0 Å². The highest BCUT2D eigenvalue weighted by Gasteiger charge is 2.28. The normalized spacial score (nSPS) is 19.1. The van der Waals surface area contributed by atoms with Gasteiger partial charge in [-0.15, -0.1) is 5.10 Å². The monoisotopic (exact) mass is 279 g/mol. The molecule has 7 nitrogen and oxygen atoms in total. The summed E-state index contributed by atoms with van der Waals surface area (Å²) >= 11 is 0. The fraction of sp³-hybridized carbons (Fsp3) is 0.692. The Morgan fingerprint density at radius 1 is 1.55 bits per heavy atom. The van der Waals surface area contributed by atoms with E-state index in [1.54, 1.807) is 22.0 Å². The van der Waals surface area contributed by atoms with Gasteiger partial charge in [0.2, 0.25) is 11.8 Å². The lowest BCUT2D eigenvalue weighted by Crippen LogP contribution is -2.45. The van der Waals surface area contributed by atoms with E-state index >= 15 is 0 Å². The molecule has 0 bridgehead atoms. The van der Waals surface area contributed by atoms with E-state index in [0.29, 0.717) is 32.5 Å². The number of rotatable bonds is 6. The summed E-state index contributed by atoms with van der Waals surface area (Å²) in [6, 6.07) is 0. The molecule has 0 radical (unpaired) electrons. The van der Waals surface area contributed by atoms with Crippen molar-refractivity contribution in [1.29, 1.82) is 0 Å². The quantitative estimate of drug-likeness (QED) is 0.746. The minimum Gasteiger partial charge on any atom is -0.356 e. The molecule has 1 aliphatic heterocycles. The Kier molecular flexibility index (Phi) is 5.09. The number of carbonyl (C=O) groups excluding carboxylic acids is 2. The highest BCUT2D eigenvalue weighted by Crippen LogP contribution is 2.17. The van der Waals surface area contributed by atoms with Crippen LogP contribution in [0.4, 0.5) is 0 Å². The third-order valence-electron chi connectivity index (χ3n) is 3.59. The number of aryl methyl sites for hydroxylation is 1. The summed E-state index contributed by atoms with van der Waals surface area (Å²) in [7, 11) is 0. The molecule has 2 amide bonds. The molecule has 20 heavy (non-hydrogen) atoms. The lowest BCUT2D eigenvalue weighted by Gasteiger charge is -2.31. The van der Waals surface area contributed by atoms with Gasteiger partial charge >= 0.3 is 0 Å². The number of hydrogen-bond donors (Lipinski definition) is 1. The van der Waals surface area contributed by atoms with Gasteiger partial charge in [0.15, 0.2) is 0 Å². The molecule has 0 spiro atoms. The Bertz CT molecular complexity index is 446. The molecular formula is C13H21N5O2. The van der Waals surface area contributed by atoms with Crippen LogP contribution in [0.3, 0.4) is 0 Å². The summed E-state index contributed by atoms with van der Waals surface area (Å²) in [5.41, 5.74) is 0. The number of hydrogen-bond acceptors (Lipinski definition) is 4. The van der Waals surface area contributed by atoms with E-state index < -0.39 is 0 Å². The molecule has 1 fully saturated rings. The van der Waals surface area contributed by atoms with Gasteiger partial charge in [0, 0.05) is 38.8 Å². The Hall–Kier alpha value is -1.92. The van der Waals surface area contributed by atoms with Crippen LogP contribution in [0.25, 0.3) is 0 Å². The molecule has 0 aliphatic carbocycles. The van der Waals surface area contributed by atoms with Gasteiger partial charge in [-0.1, -0.05) is 5.21 Å². The zero-order chi connectivity index (χ0) is 14.4. The fourth-order valence-electron chi connectivity index (χ4n) is 2.38. The molecule has 1 unspecified atom stereocenters. The third-order valence-corrected chi connectivity index (χ3v) is 3.59. The van der Waals surface area contributed by atoms with Crippen LogP contribution in [0, 0.1) is 5.92 Å². The van der Waals surface area contributed by atoms with Gasteiger partial charge in [-0.05, 0) is 19.8 Å². The lowest BCUT2D eigenvalue weighted by atomic mass is 9.96. The summed E-state index contributed by atoms with van der Waals surface area (Å²) in [6.45, 7) is 4.52. The van der Waals surface area contributed by atoms with Gasteiger partial charge in [-0.3, -0.25) is 14.3 Å². The summed E-state index contributed by atoms with van der Waals surface area (Å²) < 4.78 is 1.74. The molecule has 0 saturated carbocycles. The second-order valence-electron chi connectivity index (χ2n) is 4.98.